The van der Waals surface area contributed by atoms with Crippen molar-refractivity contribution >= 4 is 30.9 Å². The molecule has 0 saturated carbocycles. The van der Waals surface area contributed by atoms with Gasteiger partial charge in [-0.15, -0.1) is 0 Å². The van der Waals surface area contributed by atoms with Gasteiger partial charge in [0.1, 0.15) is 6.10 Å². The molecule has 2 atom stereocenters. The Morgan fingerprint density at radius 1 is 0.810 bits per heavy atom. The maximum atomic E-state index is 12.4. The number of hydrogen-bond acceptors (Lipinski definition) is 4. The van der Waals surface area contributed by atoms with Crippen molar-refractivity contribution in [1.29, 1.82) is 0 Å². The molecule has 21 heavy (non-hydrogen) atoms. The summed E-state index contributed by atoms with van der Waals surface area (Å²) in [5.41, 5.74) is 0. The van der Waals surface area contributed by atoms with E-state index in [1.807, 2.05) is 26.6 Å². The molecule has 0 rings (SSSR count). The van der Waals surface area contributed by atoms with Crippen molar-refractivity contribution in [2.45, 2.75) is 84.5 Å². The molecule has 126 valence electrons. The van der Waals surface area contributed by atoms with Gasteiger partial charge >= 0.3 is 5.97 Å². The van der Waals surface area contributed by atoms with Gasteiger partial charge in [-0.3, -0.25) is 4.79 Å². The summed E-state index contributed by atoms with van der Waals surface area (Å²) < 4.78 is 17.7. The Morgan fingerprint density at radius 2 is 1.24 bits per heavy atom. The minimum atomic E-state index is -1.90. The van der Waals surface area contributed by atoms with Crippen LogP contribution in [0.15, 0.2) is 0 Å². The molecule has 0 spiro atoms. The highest BCUT2D eigenvalue weighted by Gasteiger charge is 2.33. The zero-order valence-corrected chi connectivity index (χ0v) is 18.5. The molecule has 4 nitrogen and oxygen atoms in total. The van der Waals surface area contributed by atoms with Crippen LogP contribution in [-0.2, 0) is 18.1 Å². The van der Waals surface area contributed by atoms with Gasteiger partial charge in [-0.2, -0.15) is 0 Å². The van der Waals surface area contributed by atoms with Crippen LogP contribution in [0.1, 0.15) is 13.3 Å². The van der Waals surface area contributed by atoms with Gasteiger partial charge in [-0.25, -0.2) is 0 Å². The molecule has 0 aliphatic rings. The lowest BCUT2D eigenvalue weighted by Crippen LogP contribution is -2.44. The van der Waals surface area contributed by atoms with Crippen LogP contribution in [-0.4, -0.2) is 43.1 Å². The molecule has 0 aliphatic carbocycles. The van der Waals surface area contributed by atoms with Crippen LogP contribution in [0.3, 0.4) is 0 Å². The zero-order chi connectivity index (χ0) is 17.1. The number of rotatable bonds is 8. The van der Waals surface area contributed by atoms with Crippen LogP contribution in [0.5, 0.6) is 0 Å². The summed E-state index contributed by atoms with van der Waals surface area (Å²) in [5, 5.41) is 0. The van der Waals surface area contributed by atoms with Crippen molar-refractivity contribution in [3.05, 3.63) is 0 Å². The van der Waals surface area contributed by atoms with Gasteiger partial charge in [0.15, 0.2) is 16.6 Å². The lowest BCUT2D eigenvalue weighted by atomic mass is 10.2. The molecular weight excluding hydrogens is 316 g/mol. The van der Waals surface area contributed by atoms with Crippen molar-refractivity contribution in [3.63, 3.8) is 0 Å². The van der Waals surface area contributed by atoms with Crippen molar-refractivity contribution in [1.82, 2.24) is 0 Å². The summed E-state index contributed by atoms with van der Waals surface area (Å²) in [6.45, 7) is 20.8. The van der Waals surface area contributed by atoms with E-state index in [2.05, 4.69) is 39.3 Å². The smallest absolute Gasteiger partial charge is 0.320 e. The molecule has 0 aromatic rings. The molecule has 0 aromatic carbocycles. The number of carbonyl (C=O) groups excluding carboxylic acids is 1. The fourth-order valence-corrected chi connectivity index (χ4v) is 5.02. The lowest BCUT2D eigenvalue weighted by molar-refractivity contribution is -0.144. The van der Waals surface area contributed by atoms with E-state index in [-0.39, 0.29) is 12.1 Å². The van der Waals surface area contributed by atoms with Crippen molar-refractivity contribution in [2.75, 3.05) is 0 Å². The molecule has 0 amide bonds. The second-order valence-corrected chi connectivity index (χ2v) is 21.9. The van der Waals surface area contributed by atoms with Crippen LogP contribution in [0, 0.1) is 0 Å². The molecule has 0 unspecified atom stereocenters. The van der Waals surface area contributed by atoms with Gasteiger partial charge in [-0.1, -0.05) is 0 Å². The third-order valence-corrected chi connectivity index (χ3v) is 5.18. The fourth-order valence-electron chi connectivity index (χ4n) is 1.94. The van der Waals surface area contributed by atoms with Gasteiger partial charge in [0.25, 0.3) is 0 Å². The highest BCUT2D eigenvalue weighted by Crippen LogP contribution is 2.19. The highest BCUT2D eigenvalue weighted by atomic mass is 28.4. The first-order valence-corrected chi connectivity index (χ1v) is 17.9. The molecule has 0 aromatic heterocycles. The quantitative estimate of drug-likeness (QED) is 0.615. The molecule has 7 heteroatoms. The molecular formula is C14H34O4Si3. The summed E-state index contributed by atoms with van der Waals surface area (Å²) in [5.74, 6) is -0.220. The zero-order valence-electron chi connectivity index (χ0n) is 15.5. The van der Waals surface area contributed by atoms with E-state index in [0.29, 0.717) is 6.42 Å². The summed E-state index contributed by atoms with van der Waals surface area (Å²) in [4.78, 5) is 12.4. The molecule has 0 saturated heterocycles. The highest BCUT2D eigenvalue weighted by molar-refractivity contribution is 6.71. The minimum absolute atomic E-state index is 0.00667. The average Bonchev–Trinajstić information content (AvgIpc) is 2.07. The SMILES string of the molecule is C[C@@H](C[C@H](O[Si](C)(C)C)C(=O)O[Si](C)(C)C)O[Si](C)(C)C. The monoisotopic (exact) mass is 350 g/mol. The van der Waals surface area contributed by atoms with Crippen LogP contribution in [0.2, 0.25) is 58.9 Å². The van der Waals surface area contributed by atoms with Crippen LogP contribution >= 0.6 is 0 Å². The predicted molar refractivity (Wildman–Crippen MR) is 96.2 cm³/mol. The first-order chi connectivity index (χ1) is 9.09. The van der Waals surface area contributed by atoms with Crippen LogP contribution < -0.4 is 0 Å². The molecule has 0 aliphatic heterocycles. The van der Waals surface area contributed by atoms with Crippen molar-refractivity contribution in [3.8, 4) is 0 Å². The van der Waals surface area contributed by atoms with E-state index in [4.69, 9.17) is 13.3 Å². The Morgan fingerprint density at radius 3 is 1.57 bits per heavy atom. The van der Waals surface area contributed by atoms with E-state index in [1.54, 1.807) is 0 Å². The Hall–Kier alpha value is 0.0406. The fraction of sp³-hybridized carbons (Fsp3) is 0.929. The van der Waals surface area contributed by atoms with Crippen LogP contribution in [0.25, 0.3) is 0 Å². The van der Waals surface area contributed by atoms with E-state index in [0.717, 1.165) is 0 Å². The van der Waals surface area contributed by atoms with Gasteiger partial charge in [0, 0.05) is 12.5 Å². The Kier molecular flexibility index (Phi) is 7.56. The summed E-state index contributed by atoms with van der Waals surface area (Å²) in [6.07, 6.45) is 0.0691. The van der Waals surface area contributed by atoms with Gasteiger partial charge in [0.2, 0.25) is 8.32 Å². The van der Waals surface area contributed by atoms with Crippen LogP contribution in [0.4, 0.5) is 0 Å². The van der Waals surface area contributed by atoms with Crippen molar-refractivity contribution < 1.29 is 18.1 Å². The normalized spacial score (nSPS) is 16.5. The average molecular weight is 351 g/mol. The second-order valence-electron chi connectivity index (χ2n) is 8.53. The summed E-state index contributed by atoms with van der Waals surface area (Å²) in [6, 6.07) is 0. The second kappa shape index (κ2) is 7.54. The largest absolute Gasteiger partial charge is 0.518 e. The Labute approximate surface area is 133 Å². The molecule has 0 N–H and O–H groups in total. The number of hydrogen-bond donors (Lipinski definition) is 0. The molecule has 0 heterocycles. The topological polar surface area (TPSA) is 44.8 Å². The van der Waals surface area contributed by atoms with E-state index in [9.17, 15) is 4.79 Å². The third-order valence-electron chi connectivity index (χ3n) is 2.27. The van der Waals surface area contributed by atoms with E-state index in [1.165, 1.54) is 0 Å². The predicted octanol–water partition coefficient (Wildman–Crippen LogP) is 4.21. The summed E-state index contributed by atoms with van der Waals surface area (Å²) in [7, 11) is -5.33. The molecule has 0 fully saturated rings. The van der Waals surface area contributed by atoms with E-state index >= 15 is 0 Å². The minimum Gasteiger partial charge on any atom is -0.518 e. The molecule has 0 radical (unpaired) electrons. The summed E-state index contributed by atoms with van der Waals surface area (Å²) >= 11 is 0. The van der Waals surface area contributed by atoms with Gasteiger partial charge in [0.05, 0.1) is 0 Å². The Balaban J connectivity index is 4.86. The van der Waals surface area contributed by atoms with Gasteiger partial charge < -0.3 is 13.3 Å². The third kappa shape index (κ3) is 12.3. The first kappa shape index (κ1) is 21.0. The van der Waals surface area contributed by atoms with E-state index < -0.39 is 31.1 Å². The Bertz CT molecular complexity index is 340. The maximum absolute atomic E-state index is 12.4. The number of carbonyl (C=O) groups is 1. The standard InChI is InChI=1S/C14H34O4Si3/c1-12(16-19(2,3)4)11-13(17-20(5,6)7)14(15)18-21(8,9)10/h12-13H,11H2,1-10H3/t12-,13-/m0/s1. The first-order valence-electron chi connectivity index (χ1n) is 7.67. The maximum Gasteiger partial charge on any atom is 0.320 e. The van der Waals surface area contributed by atoms with Gasteiger partial charge in [-0.05, 0) is 65.8 Å². The lowest BCUT2D eigenvalue weighted by Gasteiger charge is -2.31. The molecule has 0 bridgehead atoms. The van der Waals surface area contributed by atoms with Crippen molar-refractivity contribution in [2.24, 2.45) is 0 Å².